The maximum absolute atomic E-state index is 12.4. The average Bonchev–Trinajstić information content (AvgIpc) is 3.06. The van der Waals surface area contributed by atoms with Gasteiger partial charge in [-0.1, -0.05) is 6.07 Å². The third kappa shape index (κ3) is 2.33. The van der Waals surface area contributed by atoms with E-state index in [2.05, 4.69) is 5.32 Å². The first-order chi connectivity index (χ1) is 10.2. The van der Waals surface area contributed by atoms with Crippen molar-refractivity contribution in [1.82, 2.24) is 15.1 Å². The molecule has 2 aliphatic heterocycles. The van der Waals surface area contributed by atoms with Gasteiger partial charge in [-0.15, -0.1) is 0 Å². The maximum Gasteiger partial charge on any atom is 0.325 e. The highest BCUT2D eigenvalue weighted by molar-refractivity contribution is 5.83. The first-order valence-electron chi connectivity index (χ1n) is 6.84. The quantitative estimate of drug-likeness (QED) is 0.833. The van der Waals surface area contributed by atoms with E-state index in [1.165, 1.54) is 0 Å². The molecule has 2 aliphatic rings. The predicted octanol–water partition coefficient (Wildman–Crippen LogP) is 1.32. The number of fused-ring (bicyclic) bond motifs is 1. The van der Waals surface area contributed by atoms with Gasteiger partial charge in [-0.2, -0.15) is 0 Å². The van der Waals surface area contributed by atoms with Crippen LogP contribution in [-0.2, 0) is 13.0 Å². The largest absolute Gasteiger partial charge is 0.496 e. The summed E-state index contributed by atoms with van der Waals surface area (Å²) in [6.45, 7) is 1.62. The molecule has 0 atom stereocenters. The minimum absolute atomic E-state index is 0.0228. The van der Waals surface area contributed by atoms with E-state index in [-0.39, 0.29) is 6.03 Å². The van der Waals surface area contributed by atoms with Crippen LogP contribution in [0.15, 0.2) is 24.5 Å². The van der Waals surface area contributed by atoms with Crippen molar-refractivity contribution in [3.63, 3.8) is 0 Å². The van der Waals surface area contributed by atoms with E-state index >= 15 is 0 Å². The van der Waals surface area contributed by atoms with Crippen molar-refractivity contribution in [2.24, 2.45) is 0 Å². The molecule has 1 aromatic rings. The summed E-state index contributed by atoms with van der Waals surface area (Å²) in [6, 6.07) is 3.69. The molecule has 0 spiro atoms. The normalized spacial score (nSPS) is 16.4. The van der Waals surface area contributed by atoms with Gasteiger partial charge in [-0.05, 0) is 23.6 Å². The van der Waals surface area contributed by atoms with Crippen molar-refractivity contribution in [3.8, 4) is 5.75 Å². The molecular formula is C15H17N3O3. The molecule has 21 heavy (non-hydrogen) atoms. The molecule has 1 N–H and O–H groups in total. The van der Waals surface area contributed by atoms with E-state index in [0.29, 0.717) is 37.5 Å². The third-order valence-corrected chi connectivity index (χ3v) is 3.89. The maximum atomic E-state index is 12.4. The molecule has 0 fully saturated rings. The zero-order chi connectivity index (χ0) is 14.8. The standard InChI is InChI=1S/C15H17N3O3/c1-21-14-3-2-11-8-17(6-4-12(11)13(14)9-19)15(20)18-7-5-16-10-18/h2-3,5,7,9,16H,4,6,8,10H2,1H3. The second kappa shape index (κ2) is 5.47. The van der Waals surface area contributed by atoms with Gasteiger partial charge in [0, 0.05) is 25.5 Å². The molecule has 0 unspecified atom stereocenters. The van der Waals surface area contributed by atoms with Crippen LogP contribution in [0.25, 0.3) is 0 Å². The van der Waals surface area contributed by atoms with Crippen LogP contribution in [0.2, 0.25) is 0 Å². The number of carbonyl (C=O) groups is 2. The monoisotopic (exact) mass is 287 g/mol. The molecular weight excluding hydrogens is 270 g/mol. The number of hydrogen-bond acceptors (Lipinski definition) is 4. The molecule has 2 heterocycles. The number of ether oxygens (including phenoxy) is 1. The van der Waals surface area contributed by atoms with Crippen LogP contribution in [-0.4, -0.2) is 42.4 Å². The Morgan fingerprint density at radius 3 is 2.95 bits per heavy atom. The highest BCUT2D eigenvalue weighted by Gasteiger charge is 2.27. The Balaban J connectivity index is 1.84. The van der Waals surface area contributed by atoms with E-state index in [1.54, 1.807) is 35.4 Å². The molecule has 0 aromatic heterocycles. The van der Waals surface area contributed by atoms with Crippen LogP contribution in [0.4, 0.5) is 4.79 Å². The van der Waals surface area contributed by atoms with Crippen molar-refractivity contribution in [2.75, 3.05) is 20.3 Å². The molecule has 0 bridgehead atoms. The lowest BCUT2D eigenvalue weighted by Gasteiger charge is -2.32. The third-order valence-electron chi connectivity index (χ3n) is 3.89. The first-order valence-corrected chi connectivity index (χ1v) is 6.84. The summed E-state index contributed by atoms with van der Waals surface area (Å²) < 4.78 is 5.22. The van der Waals surface area contributed by atoms with Crippen molar-refractivity contribution < 1.29 is 14.3 Å². The Morgan fingerprint density at radius 1 is 1.43 bits per heavy atom. The van der Waals surface area contributed by atoms with Crippen LogP contribution in [0.3, 0.4) is 0 Å². The Bertz CT molecular complexity index is 612. The molecule has 0 saturated heterocycles. The van der Waals surface area contributed by atoms with E-state index in [4.69, 9.17) is 4.74 Å². The topological polar surface area (TPSA) is 61.9 Å². The molecule has 0 radical (unpaired) electrons. The number of carbonyl (C=O) groups excluding carboxylic acids is 2. The fourth-order valence-corrected chi connectivity index (χ4v) is 2.79. The SMILES string of the molecule is COc1ccc2c(c1C=O)CCN(C(=O)N1C=CNC1)C2. The molecule has 2 amide bonds. The number of urea groups is 1. The molecule has 6 nitrogen and oxygen atoms in total. The lowest BCUT2D eigenvalue weighted by molar-refractivity contribution is 0.111. The second-order valence-electron chi connectivity index (χ2n) is 5.04. The van der Waals surface area contributed by atoms with Crippen LogP contribution >= 0.6 is 0 Å². The first kappa shape index (κ1) is 13.5. The number of nitrogens with zero attached hydrogens (tertiary/aromatic N) is 2. The van der Waals surface area contributed by atoms with Gasteiger partial charge in [0.2, 0.25) is 0 Å². The minimum atomic E-state index is -0.0228. The lowest BCUT2D eigenvalue weighted by atomic mass is 9.94. The van der Waals surface area contributed by atoms with E-state index < -0.39 is 0 Å². The number of aldehydes is 1. The van der Waals surface area contributed by atoms with Gasteiger partial charge in [0.15, 0.2) is 6.29 Å². The zero-order valence-corrected chi connectivity index (χ0v) is 11.8. The minimum Gasteiger partial charge on any atom is -0.496 e. The Kier molecular flexibility index (Phi) is 3.51. The summed E-state index contributed by atoms with van der Waals surface area (Å²) >= 11 is 0. The smallest absolute Gasteiger partial charge is 0.325 e. The number of rotatable bonds is 2. The average molecular weight is 287 g/mol. The summed E-state index contributed by atoms with van der Waals surface area (Å²) in [6.07, 6.45) is 4.99. The highest BCUT2D eigenvalue weighted by atomic mass is 16.5. The summed E-state index contributed by atoms with van der Waals surface area (Å²) in [5.74, 6) is 0.593. The summed E-state index contributed by atoms with van der Waals surface area (Å²) in [5, 5.41) is 2.98. The molecule has 0 saturated carbocycles. The van der Waals surface area contributed by atoms with Crippen molar-refractivity contribution in [1.29, 1.82) is 0 Å². The van der Waals surface area contributed by atoms with Gasteiger partial charge in [-0.3, -0.25) is 9.69 Å². The van der Waals surface area contributed by atoms with Gasteiger partial charge >= 0.3 is 6.03 Å². The van der Waals surface area contributed by atoms with Gasteiger partial charge in [0.05, 0.1) is 19.3 Å². The second-order valence-corrected chi connectivity index (χ2v) is 5.04. The van der Waals surface area contributed by atoms with Crippen LogP contribution in [0.1, 0.15) is 21.5 Å². The number of amides is 2. The fourth-order valence-electron chi connectivity index (χ4n) is 2.79. The van der Waals surface area contributed by atoms with Crippen molar-refractivity contribution in [3.05, 3.63) is 41.2 Å². The van der Waals surface area contributed by atoms with Gasteiger partial charge < -0.3 is 15.0 Å². The van der Waals surface area contributed by atoms with Crippen LogP contribution in [0, 0.1) is 0 Å². The van der Waals surface area contributed by atoms with E-state index in [0.717, 1.165) is 17.4 Å². The molecule has 1 aromatic carbocycles. The number of hydrogen-bond donors (Lipinski definition) is 1. The van der Waals surface area contributed by atoms with Crippen molar-refractivity contribution >= 4 is 12.3 Å². The fraction of sp³-hybridized carbons (Fsp3) is 0.333. The highest BCUT2D eigenvalue weighted by Crippen LogP contribution is 2.29. The lowest BCUT2D eigenvalue weighted by Crippen LogP contribution is -2.43. The van der Waals surface area contributed by atoms with E-state index in [1.807, 2.05) is 6.07 Å². The zero-order valence-electron chi connectivity index (χ0n) is 11.8. The molecule has 110 valence electrons. The van der Waals surface area contributed by atoms with Crippen molar-refractivity contribution in [2.45, 2.75) is 13.0 Å². The number of benzene rings is 1. The number of nitrogens with one attached hydrogen (secondary N) is 1. The summed E-state index contributed by atoms with van der Waals surface area (Å²) in [5.41, 5.74) is 2.60. The molecule has 6 heteroatoms. The molecule has 3 rings (SSSR count). The van der Waals surface area contributed by atoms with Crippen LogP contribution in [0.5, 0.6) is 5.75 Å². The Hall–Kier alpha value is -2.50. The van der Waals surface area contributed by atoms with Gasteiger partial charge in [0.25, 0.3) is 0 Å². The predicted molar refractivity (Wildman–Crippen MR) is 76.9 cm³/mol. The van der Waals surface area contributed by atoms with Crippen LogP contribution < -0.4 is 10.1 Å². The summed E-state index contributed by atoms with van der Waals surface area (Å²) in [4.78, 5) is 27.1. The summed E-state index contributed by atoms with van der Waals surface area (Å²) in [7, 11) is 1.56. The molecule has 0 aliphatic carbocycles. The van der Waals surface area contributed by atoms with E-state index in [9.17, 15) is 9.59 Å². The van der Waals surface area contributed by atoms with Gasteiger partial charge in [-0.25, -0.2) is 4.79 Å². The Morgan fingerprint density at radius 2 is 2.29 bits per heavy atom. The number of methoxy groups -OCH3 is 1. The van der Waals surface area contributed by atoms with Gasteiger partial charge in [0.1, 0.15) is 5.75 Å². The Labute approximate surface area is 123 Å².